The number of sulfonamides is 1. The summed E-state index contributed by atoms with van der Waals surface area (Å²) in [4.78, 5) is 13.1. The van der Waals surface area contributed by atoms with Crippen molar-refractivity contribution in [3.05, 3.63) is 29.4 Å². The minimum Gasteiger partial charge on any atom is -0.335 e. The third kappa shape index (κ3) is 3.62. The molecule has 2 heterocycles. The van der Waals surface area contributed by atoms with Gasteiger partial charge in [0, 0.05) is 6.54 Å². The molecule has 0 atom stereocenters. The Bertz CT molecular complexity index is 581. The molecule has 2 rings (SSSR count). The molecule has 0 fully saturated rings. The first-order valence-electron chi connectivity index (χ1n) is 5.64. The average Bonchev–Trinajstić information content (AvgIpc) is 2.90. The molecule has 1 aliphatic heterocycles. The Kier molecular flexibility index (Phi) is 4.33. The first-order valence-corrected chi connectivity index (χ1v) is 8.01. The van der Waals surface area contributed by atoms with Gasteiger partial charge in [-0.2, -0.15) is 0 Å². The molecule has 19 heavy (non-hydrogen) atoms. The number of carbonyl (C=O) groups is 1. The molecule has 104 valence electrons. The van der Waals surface area contributed by atoms with Gasteiger partial charge in [0.25, 0.3) is 10.0 Å². The van der Waals surface area contributed by atoms with Crippen LogP contribution in [-0.2, 0) is 14.8 Å². The second-order valence-corrected chi connectivity index (χ2v) is 6.95. The van der Waals surface area contributed by atoms with E-state index in [1.165, 1.54) is 17.0 Å². The smallest absolute Gasteiger partial charge is 0.250 e. The summed E-state index contributed by atoms with van der Waals surface area (Å²) >= 11 is 1.07. The van der Waals surface area contributed by atoms with Gasteiger partial charge >= 0.3 is 0 Å². The van der Waals surface area contributed by atoms with Crippen molar-refractivity contribution in [2.24, 2.45) is 0 Å². The maximum absolute atomic E-state index is 13.0. The third-order valence-corrected chi connectivity index (χ3v) is 5.43. The molecule has 0 aromatic carbocycles. The van der Waals surface area contributed by atoms with Gasteiger partial charge in [0.1, 0.15) is 10.0 Å². The highest BCUT2D eigenvalue weighted by Gasteiger charge is 2.21. The lowest BCUT2D eigenvalue weighted by atomic mass is 10.2. The van der Waals surface area contributed by atoms with Crippen LogP contribution in [0.1, 0.15) is 6.42 Å². The number of halogens is 1. The first kappa shape index (κ1) is 14.2. The molecule has 5 nitrogen and oxygen atoms in total. The van der Waals surface area contributed by atoms with Crippen LogP contribution in [0.25, 0.3) is 0 Å². The number of nitrogens with zero attached hydrogens (tertiary/aromatic N) is 1. The first-order chi connectivity index (χ1) is 8.99. The number of hydrogen-bond donors (Lipinski definition) is 1. The summed E-state index contributed by atoms with van der Waals surface area (Å²) in [5.41, 5.74) is 0. The molecule has 0 radical (unpaired) electrons. The van der Waals surface area contributed by atoms with Crippen LogP contribution in [0.3, 0.4) is 0 Å². The lowest BCUT2D eigenvalue weighted by Gasteiger charge is -2.24. The van der Waals surface area contributed by atoms with Crippen LogP contribution < -0.4 is 4.72 Å². The molecule has 0 unspecified atom stereocenters. The van der Waals surface area contributed by atoms with Gasteiger partial charge < -0.3 is 4.90 Å². The van der Waals surface area contributed by atoms with E-state index in [9.17, 15) is 17.6 Å². The quantitative estimate of drug-likeness (QED) is 0.906. The fourth-order valence-electron chi connectivity index (χ4n) is 1.67. The number of rotatable bonds is 4. The van der Waals surface area contributed by atoms with Crippen LogP contribution in [0.4, 0.5) is 4.39 Å². The third-order valence-electron chi connectivity index (χ3n) is 2.63. The molecule has 1 aliphatic rings. The highest BCUT2D eigenvalue weighted by atomic mass is 32.2. The van der Waals surface area contributed by atoms with E-state index in [1.807, 2.05) is 0 Å². The Labute approximate surface area is 114 Å². The van der Waals surface area contributed by atoms with Gasteiger partial charge in [0.05, 0.1) is 13.1 Å². The van der Waals surface area contributed by atoms with Crippen molar-refractivity contribution in [3.63, 3.8) is 0 Å². The highest BCUT2D eigenvalue weighted by Crippen LogP contribution is 2.15. The summed E-state index contributed by atoms with van der Waals surface area (Å²) in [5.74, 6) is -0.788. The van der Waals surface area contributed by atoms with Crippen molar-refractivity contribution in [1.82, 2.24) is 9.62 Å². The van der Waals surface area contributed by atoms with Gasteiger partial charge in [-0.1, -0.05) is 6.07 Å². The van der Waals surface area contributed by atoms with Crippen LogP contribution >= 0.6 is 11.3 Å². The van der Waals surface area contributed by atoms with E-state index in [2.05, 4.69) is 4.72 Å². The Morgan fingerprint density at radius 2 is 2.32 bits per heavy atom. The molecule has 1 N–H and O–H groups in total. The predicted molar refractivity (Wildman–Crippen MR) is 69.9 cm³/mol. The van der Waals surface area contributed by atoms with E-state index in [1.54, 1.807) is 11.4 Å². The predicted octanol–water partition coefficient (Wildman–Crippen LogP) is 1.11. The molecule has 0 saturated carbocycles. The molecule has 0 bridgehead atoms. The number of amides is 1. The molecule has 0 spiro atoms. The standard InChI is InChI=1S/C11H13FN2O3S2/c12-9-3-1-5-14(8-9)10(15)7-13-19(16,17)11-4-2-6-18-11/h2-4,6,13H,1,5,7-8H2. The molecule has 1 aromatic heterocycles. The zero-order chi connectivity index (χ0) is 13.9. The fraction of sp³-hybridized carbons (Fsp3) is 0.364. The van der Waals surface area contributed by atoms with E-state index in [-0.39, 0.29) is 23.1 Å². The average molecular weight is 304 g/mol. The monoisotopic (exact) mass is 304 g/mol. The summed E-state index contributed by atoms with van der Waals surface area (Å²) in [5, 5.41) is 1.64. The van der Waals surface area contributed by atoms with Crippen LogP contribution in [-0.4, -0.2) is 38.9 Å². The van der Waals surface area contributed by atoms with Gasteiger partial charge in [-0.05, 0) is 23.9 Å². The van der Waals surface area contributed by atoms with E-state index in [4.69, 9.17) is 0 Å². The molecule has 0 aliphatic carbocycles. The van der Waals surface area contributed by atoms with E-state index in [0.29, 0.717) is 13.0 Å². The maximum Gasteiger partial charge on any atom is 0.250 e. The maximum atomic E-state index is 13.0. The van der Waals surface area contributed by atoms with Gasteiger partial charge in [-0.3, -0.25) is 4.79 Å². The summed E-state index contributed by atoms with van der Waals surface area (Å²) in [7, 11) is -3.65. The van der Waals surface area contributed by atoms with Crippen molar-refractivity contribution < 1.29 is 17.6 Å². The van der Waals surface area contributed by atoms with Crippen molar-refractivity contribution in [2.75, 3.05) is 19.6 Å². The van der Waals surface area contributed by atoms with Crippen molar-refractivity contribution in [1.29, 1.82) is 0 Å². The lowest BCUT2D eigenvalue weighted by Crippen LogP contribution is -2.42. The van der Waals surface area contributed by atoms with Gasteiger partial charge in [-0.25, -0.2) is 17.5 Å². The number of nitrogens with one attached hydrogen (secondary N) is 1. The van der Waals surface area contributed by atoms with Gasteiger partial charge in [0.15, 0.2) is 0 Å². The largest absolute Gasteiger partial charge is 0.335 e. The minimum atomic E-state index is -3.65. The highest BCUT2D eigenvalue weighted by molar-refractivity contribution is 7.91. The Hall–Kier alpha value is -1.25. The van der Waals surface area contributed by atoms with Crippen molar-refractivity contribution in [3.8, 4) is 0 Å². The van der Waals surface area contributed by atoms with Crippen LogP contribution in [0, 0.1) is 0 Å². The van der Waals surface area contributed by atoms with Crippen molar-refractivity contribution in [2.45, 2.75) is 10.6 Å². The van der Waals surface area contributed by atoms with E-state index >= 15 is 0 Å². The number of carbonyl (C=O) groups excluding carboxylic acids is 1. The zero-order valence-electron chi connectivity index (χ0n) is 10.0. The second kappa shape index (κ2) is 5.81. The number of thiophene rings is 1. The summed E-state index contributed by atoms with van der Waals surface area (Å²) in [6.07, 6.45) is 1.88. The van der Waals surface area contributed by atoms with Crippen LogP contribution in [0.15, 0.2) is 33.6 Å². The zero-order valence-corrected chi connectivity index (χ0v) is 11.6. The molecular weight excluding hydrogens is 291 g/mol. The molecule has 8 heteroatoms. The van der Waals surface area contributed by atoms with E-state index < -0.39 is 15.9 Å². The number of hydrogen-bond acceptors (Lipinski definition) is 4. The summed E-state index contributed by atoms with van der Waals surface area (Å²) in [6, 6.07) is 3.08. The SMILES string of the molecule is O=C(CNS(=O)(=O)c1cccs1)N1CCC=C(F)C1. The lowest BCUT2D eigenvalue weighted by molar-refractivity contribution is -0.129. The summed E-state index contributed by atoms with van der Waals surface area (Å²) < 4.78 is 39.0. The topological polar surface area (TPSA) is 66.5 Å². The molecule has 1 aromatic rings. The molecule has 0 saturated heterocycles. The Balaban J connectivity index is 1.92. The Morgan fingerprint density at radius 1 is 1.53 bits per heavy atom. The summed E-state index contributed by atoms with van der Waals surface area (Å²) in [6.45, 7) is -0.0277. The molecule has 1 amide bonds. The van der Waals surface area contributed by atoms with Gasteiger partial charge in [0.2, 0.25) is 5.91 Å². The fourth-order valence-corrected chi connectivity index (χ4v) is 3.68. The normalized spacial score (nSPS) is 16.3. The second-order valence-electron chi connectivity index (χ2n) is 4.01. The van der Waals surface area contributed by atoms with Crippen LogP contribution in [0.5, 0.6) is 0 Å². The van der Waals surface area contributed by atoms with Gasteiger partial charge in [-0.15, -0.1) is 11.3 Å². The minimum absolute atomic E-state index is 0.0838. The van der Waals surface area contributed by atoms with Crippen molar-refractivity contribution >= 4 is 27.3 Å². The van der Waals surface area contributed by atoms with E-state index in [0.717, 1.165) is 11.3 Å². The van der Waals surface area contributed by atoms with Crippen LogP contribution in [0.2, 0.25) is 0 Å². The Morgan fingerprint density at radius 3 is 2.95 bits per heavy atom. The molecular formula is C11H13FN2O3S2.